The highest BCUT2D eigenvalue weighted by Gasteiger charge is 2.08. The van der Waals surface area contributed by atoms with Gasteiger partial charge in [0.15, 0.2) is 5.82 Å². The number of carbonyl (C=O) groups excluding carboxylic acids is 1. The van der Waals surface area contributed by atoms with Crippen LogP contribution < -0.4 is 5.32 Å². The molecule has 0 atom stereocenters. The number of rotatable bonds is 5. The maximum Gasteiger partial charge on any atom is 0.244 e. The van der Waals surface area contributed by atoms with Gasteiger partial charge >= 0.3 is 0 Å². The van der Waals surface area contributed by atoms with E-state index in [0.29, 0.717) is 10.8 Å². The van der Waals surface area contributed by atoms with E-state index in [0.717, 1.165) is 11.3 Å². The molecule has 1 heterocycles. The number of aromatic nitrogens is 4. The molecule has 0 spiro atoms. The number of halogens is 1. The van der Waals surface area contributed by atoms with Gasteiger partial charge in [0.2, 0.25) is 5.91 Å². The van der Waals surface area contributed by atoms with E-state index in [1.54, 1.807) is 35.0 Å². The molecular formula is C17H14ClN5O. The van der Waals surface area contributed by atoms with Crippen molar-refractivity contribution in [2.24, 2.45) is 0 Å². The molecule has 0 aliphatic heterocycles. The fourth-order valence-corrected chi connectivity index (χ4v) is 2.19. The van der Waals surface area contributed by atoms with Crippen molar-refractivity contribution in [1.29, 1.82) is 0 Å². The lowest BCUT2D eigenvalue weighted by molar-refractivity contribution is -0.116. The Morgan fingerprint density at radius 1 is 1.12 bits per heavy atom. The van der Waals surface area contributed by atoms with Gasteiger partial charge in [-0.15, -0.1) is 5.10 Å². The van der Waals surface area contributed by atoms with Crippen LogP contribution in [0.25, 0.3) is 11.8 Å². The normalized spacial score (nSPS) is 10.9. The Labute approximate surface area is 143 Å². The molecule has 0 fully saturated rings. The third kappa shape index (κ3) is 4.05. The fourth-order valence-electron chi connectivity index (χ4n) is 2.06. The fraction of sp³-hybridized carbons (Fsp3) is 0.0588. The van der Waals surface area contributed by atoms with Crippen LogP contribution in [0.2, 0.25) is 5.02 Å². The van der Waals surface area contributed by atoms with E-state index in [1.165, 1.54) is 6.08 Å². The predicted molar refractivity (Wildman–Crippen MR) is 91.5 cm³/mol. The van der Waals surface area contributed by atoms with Crippen LogP contribution in [-0.2, 0) is 11.3 Å². The second kappa shape index (κ2) is 7.52. The molecule has 1 amide bonds. The van der Waals surface area contributed by atoms with Gasteiger partial charge < -0.3 is 5.32 Å². The Morgan fingerprint density at radius 2 is 1.88 bits per heavy atom. The van der Waals surface area contributed by atoms with Crippen molar-refractivity contribution in [3.8, 4) is 5.69 Å². The first-order valence-corrected chi connectivity index (χ1v) is 7.64. The van der Waals surface area contributed by atoms with E-state index < -0.39 is 0 Å². The predicted octanol–water partition coefficient (Wildman–Crippen LogP) is 2.65. The summed E-state index contributed by atoms with van der Waals surface area (Å²) in [6, 6.07) is 16.7. The summed E-state index contributed by atoms with van der Waals surface area (Å²) >= 11 is 5.88. The first-order valence-electron chi connectivity index (χ1n) is 7.26. The van der Waals surface area contributed by atoms with Crippen LogP contribution >= 0.6 is 11.6 Å². The van der Waals surface area contributed by atoms with Crippen molar-refractivity contribution in [3.05, 3.63) is 77.1 Å². The van der Waals surface area contributed by atoms with E-state index in [4.69, 9.17) is 11.6 Å². The van der Waals surface area contributed by atoms with Crippen molar-refractivity contribution >= 4 is 23.6 Å². The third-order valence-corrected chi connectivity index (χ3v) is 3.50. The van der Waals surface area contributed by atoms with Gasteiger partial charge in [-0.3, -0.25) is 4.79 Å². The minimum absolute atomic E-state index is 0.216. The molecule has 0 saturated heterocycles. The van der Waals surface area contributed by atoms with Gasteiger partial charge in [0.25, 0.3) is 0 Å². The van der Waals surface area contributed by atoms with Gasteiger partial charge in [0.1, 0.15) is 0 Å². The van der Waals surface area contributed by atoms with E-state index in [2.05, 4.69) is 20.8 Å². The maximum absolute atomic E-state index is 11.9. The van der Waals surface area contributed by atoms with Gasteiger partial charge in [0.05, 0.1) is 12.2 Å². The lowest BCUT2D eigenvalue weighted by atomic mass is 10.2. The number of nitrogens with zero attached hydrogens (tertiary/aromatic N) is 4. The Morgan fingerprint density at radius 3 is 2.62 bits per heavy atom. The van der Waals surface area contributed by atoms with Crippen LogP contribution in [0, 0.1) is 0 Å². The molecule has 24 heavy (non-hydrogen) atoms. The van der Waals surface area contributed by atoms with Crippen molar-refractivity contribution in [2.45, 2.75) is 6.54 Å². The summed E-state index contributed by atoms with van der Waals surface area (Å²) in [4.78, 5) is 11.9. The molecule has 1 aromatic heterocycles. The summed E-state index contributed by atoms with van der Waals surface area (Å²) in [7, 11) is 0. The van der Waals surface area contributed by atoms with Crippen LogP contribution in [0.5, 0.6) is 0 Å². The van der Waals surface area contributed by atoms with Crippen LogP contribution in [-0.4, -0.2) is 26.1 Å². The Balaban J connectivity index is 1.63. The second-order valence-corrected chi connectivity index (χ2v) is 5.38. The zero-order chi connectivity index (χ0) is 16.8. The minimum atomic E-state index is -0.218. The zero-order valence-corrected chi connectivity index (χ0v) is 13.4. The van der Waals surface area contributed by atoms with E-state index in [-0.39, 0.29) is 12.5 Å². The Bertz CT molecular complexity index is 843. The minimum Gasteiger partial charge on any atom is -0.345 e. The topological polar surface area (TPSA) is 72.7 Å². The monoisotopic (exact) mass is 339 g/mol. The van der Waals surface area contributed by atoms with Crippen LogP contribution in [0.1, 0.15) is 11.4 Å². The number of hydrogen-bond donors (Lipinski definition) is 1. The molecule has 3 rings (SSSR count). The molecule has 0 aliphatic carbocycles. The number of nitrogens with one attached hydrogen (secondary N) is 1. The molecule has 3 aromatic rings. The SMILES string of the molecule is O=C(/C=C/c1ccccc1)NCc1nnnn1-c1ccc(Cl)cc1. The highest BCUT2D eigenvalue weighted by atomic mass is 35.5. The zero-order valence-electron chi connectivity index (χ0n) is 12.6. The lowest BCUT2D eigenvalue weighted by Crippen LogP contribution is -2.22. The first kappa shape index (κ1) is 15.9. The van der Waals surface area contributed by atoms with E-state index >= 15 is 0 Å². The average molecular weight is 340 g/mol. The van der Waals surface area contributed by atoms with Crippen molar-refractivity contribution in [1.82, 2.24) is 25.5 Å². The molecule has 0 radical (unpaired) electrons. The number of hydrogen-bond acceptors (Lipinski definition) is 4. The lowest BCUT2D eigenvalue weighted by Gasteiger charge is -2.05. The van der Waals surface area contributed by atoms with Gasteiger partial charge in [-0.2, -0.15) is 4.68 Å². The van der Waals surface area contributed by atoms with Crippen LogP contribution in [0.3, 0.4) is 0 Å². The molecular weight excluding hydrogens is 326 g/mol. The second-order valence-electron chi connectivity index (χ2n) is 4.95. The molecule has 0 aliphatic rings. The van der Waals surface area contributed by atoms with Gasteiger partial charge in [0, 0.05) is 11.1 Å². The standard InChI is InChI=1S/C17H14ClN5O/c18-14-7-9-15(10-8-14)23-16(20-21-22-23)12-19-17(24)11-6-13-4-2-1-3-5-13/h1-11H,12H2,(H,19,24)/b11-6+. The van der Waals surface area contributed by atoms with Gasteiger partial charge in [-0.25, -0.2) is 0 Å². The summed E-state index contributed by atoms with van der Waals surface area (Å²) in [5, 5.41) is 14.9. The summed E-state index contributed by atoms with van der Waals surface area (Å²) in [5.74, 6) is 0.309. The quantitative estimate of drug-likeness (QED) is 0.725. The molecule has 120 valence electrons. The van der Waals surface area contributed by atoms with Crippen molar-refractivity contribution < 1.29 is 4.79 Å². The number of tetrazole rings is 1. The van der Waals surface area contributed by atoms with Crippen LogP contribution in [0.4, 0.5) is 0 Å². The molecule has 0 bridgehead atoms. The highest BCUT2D eigenvalue weighted by Crippen LogP contribution is 2.13. The molecule has 6 nitrogen and oxygen atoms in total. The smallest absolute Gasteiger partial charge is 0.244 e. The Hall–Kier alpha value is -2.99. The van der Waals surface area contributed by atoms with E-state index in [1.807, 2.05) is 30.3 Å². The summed E-state index contributed by atoms with van der Waals surface area (Å²) in [5.41, 5.74) is 1.73. The number of benzene rings is 2. The Kier molecular flexibility index (Phi) is 4.98. The number of amides is 1. The number of carbonyl (C=O) groups is 1. The van der Waals surface area contributed by atoms with Crippen molar-refractivity contribution in [3.63, 3.8) is 0 Å². The maximum atomic E-state index is 11.9. The first-order chi connectivity index (χ1) is 11.7. The summed E-state index contributed by atoms with van der Waals surface area (Å²) in [6.45, 7) is 0.216. The summed E-state index contributed by atoms with van der Waals surface area (Å²) in [6.07, 6.45) is 3.23. The van der Waals surface area contributed by atoms with Gasteiger partial charge in [-0.1, -0.05) is 41.9 Å². The van der Waals surface area contributed by atoms with Crippen molar-refractivity contribution in [2.75, 3.05) is 0 Å². The highest BCUT2D eigenvalue weighted by molar-refractivity contribution is 6.30. The summed E-state index contributed by atoms with van der Waals surface area (Å²) < 4.78 is 1.55. The molecule has 0 unspecified atom stereocenters. The molecule has 7 heteroatoms. The largest absolute Gasteiger partial charge is 0.345 e. The third-order valence-electron chi connectivity index (χ3n) is 3.25. The molecule has 1 N–H and O–H groups in total. The molecule has 2 aromatic carbocycles. The average Bonchev–Trinajstić information content (AvgIpc) is 3.08. The molecule has 0 saturated carbocycles. The van der Waals surface area contributed by atoms with Crippen LogP contribution in [0.15, 0.2) is 60.7 Å². The van der Waals surface area contributed by atoms with E-state index in [9.17, 15) is 4.79 Å². The van der Waals surface area contributed by atoms with Gasteiger partial charge in [-0.05, 0) is 46.3 Å².